The molecule has 0 fully saturated rings. The SMILES string of the molecule is COc1cc2c(cc1OC)-c1nc(N)c(C#N)c(-c3cnc(C)n3C)c1CC2. The number of imidazole rings is 1. The zero-order valence-electron chi connectivity index (χ0n) is 16.3. The molecule has 2 N–H and O–H groups in total. The average Bonchev–Trinajstić information content (AvgIpc) is 3.04. The molecule has 1 aliphatic carbocycles. The van der Waals surface area contributed by atoms with Gasteiger partial charge in [-0.1, -0.05) is 0 Å². The Labute approximate surface area is 163 Å². The summed E-state index contributed by atoms with van der Waals surface area (Å²) in [6.45, 7) is 1.93. The van der Waals surface area contributed by atoms with Gasteiger partial charge < -0.3 is 19.8 Å². The van der Waals surface area contributed by atoms with E-state index in [4.69, 9.17) is 15.2 Å². The Bertz CT molecular complexity index is 1140. The Morgan fingerprint density at radius 3 is 2.50 bits per heavy atom. The fourth-order valence-electron chi connectivity index (χ4n) is 3.85. The lowest BCUT2D eigenvalue weighted by molar-refractivity contribution is 0.354. The summed E-state index contributed by atoms with van der Waals surface area (Å²) in [5.41, 5.74) is 12.2. The van der Waals surface area contributed by atoms with E-state index in [1.54, 1.807) is 20.4 Å². The summed E-state index contributed by atoms with van der Waals surface area (Å²) >= 11 is 0. The van der Waals surface area contributed by atoms with Crippen molar-refractivity contribution in [3.8, 4) is 40.1 Å². The highest BCUT2D eigenvalue weighted by Crippen LogP contribution is 2.44. The molecule has 0 spiro atoms. The molecule has 7 heteroatoms. The number of nitrogens with two attached hydrogens (primary N) is 1. The number of nitrogens with zero attached hydrogens (tertiary/aromatic N) is 4. The van der Waals surface area contributed by atoms with E-state index in [-0.39, 0.29) is 5.82 Å². The highest BCUT2D eigenvalue weighted by atomic mass is 16.5. The first-order valence-electron chi connectivity index (χ1n) is 8.96. The topological polar surface area (TPSA) is 99.0 Å². The monoisotopic (exact) mass is 375 g/mol. The van der Waals surface area contributed by atoms with Gasteiger partial charge >= 0.3 is 0 Å². The van der Waals surface area contributed by atoms with E-state index >= 15 is 0 Å². The van der Waals surface area contributed by atoms with Crippen LogP contribution >= 0.6 is 0 Å². The fraction of sp³-hybridized carbons (Fsp3) is 0.286. The van der Waals surface area contributed by atoms with Gasteiger partial charge in [-0.3, -0.25) is 0 Å². The van der Waals surface area contributed by atoms with Crippen molar-refractivity contribution in [1.82, 2.24) is 14.5 Å². The second-order valence-electron chi connectivity index (χ2n) is 6.80. The van der Waals surface area contributed by atoms with Gasteiger partial charge in [0.2, 0.25) is 0 Å². The molecule has 3 aromatic rings. The lowest BCUT2D eigenvalue weighted by Gasteiger charge is -2.24. The molecule has 2 aromatic heterocycles. The Balaban J connectivity index is 2.05. The van der Waals surface area contributed by atoms with Gasteiger partial charge in [-0.2, -0.15) is 5.26 Å². The summed E-state index contributed by atoms with van der Waals surface area (Å²) in [5.74, 6) is 2.41. The maximum atomic E-state index is 9.77. The van der Waals surface area contributed by atoms with Crippen molar-refractivity contribution in [2.75, 3.05) is 20.0 Å². The second-order valence-corrected chi connectivity index (χ2v) is 6.80. The first-order chi connectivity index (χ1) is 13.5. The summed E-state index contributed by atoms with van der Waals surface area (Å²) in [6.07, 6.45) is 3.34. The van der Waals surface area contributed by atoms with Gasteiger partial charge in [0.25, 0.3) is 0 Å². The maximum Gasteiger partial charge on any atom is 0.161 e. The van der Waals surface area contributed by atoms with Crippen LogP contribution in [0.2, 0.25) is 0 Å². The number of aryl methyl sites for hydroxylation is 2. The van der Waals surface area contributed by atoms with Crippen molar-refractivity contribution in [3.63, 3.8) is 0 Å². The Kier molecular flexibility index (Phi) is 4.19. The summed E-state index contributed by atoms with van der Waals surface area (Å²) in [5, 5.41) is 9.77. The third kappa shape index (κ3) is 2.49. The van der Waals surface area contributed by atoms with Gasteiger partial charge in [0.1, 0.15) is 23.3 Å². The zero-order valence-corrected chi connectivity index (χ0v) is 16.3. The van der Waals surface area contributed by atoms with Crippen LogP contribution in [0.1, 0.15) is 22.5 Å². The third-order valence-corrected chi connectivity index (χ3v) is 5.42. The molecule has 0 saturated heterocycles. The minimum atomic E-state index is 0.220. The summed E-state index contributed by atoms with van der Waals surface area (Å²) in [6, 6.07) is 6.16. The molecule has 0 unspecified atom stereocenters. The lowest BCUT2D eigenvalue weighted by Crippen LogP contribution is -2.13. The van der Waals surface area contributed by atoms with Crippen LogP contribution in [0.5, 0.6) is 11.5 Å². The number of aromatic nitrogens is 3. The number of nitriles is 1. The molecule has 0 amide bonds. The predicted molar refractivity (Wildman–Crippen MR) is 106 cm³/mol. The zero-order chi connectivity index (χ0) is 20.0. The van der Waals surface area contributed by atoms with E-state index in [2.05, 4.69) is 16.0 Å². The summed E-state index contributed by atoms with van der Waals surface area (Å²) in [7, 11) is 5.17. The smallest absolute Gasteiger partial charge is 0.161 e. The minimum absolute atomic E-state index is 0.220. The minimum Gasteiger partial charge on any atom is -0.493 e. The van der Waals surface area contributed by atoms with Crippen molar-refractivity contribution in [2.45, 2.75) is 19.8 Å². The number of pyridine rings is 1. The molecular weight excluding hydrogens is 354 g/mol. The molecule has 2 heterocycles. The largest absolute Gasteiger partial charge is 0.493 e. The van der Waals surface area contributed by atoms with Crippen LogP contribution in [0.15, 0.2) is 18.3 Å². The lowest BCUT2D eigenvalue weighted by atomic mass is 9.84. The van der Waals surface area contributed by atoms with Crippen LogP contribution in [0.4, 0.5) is 5.82 Å². The number of rotatable bonds is 3. The Morgan fingerprint density at radius 1 is 1.18 bits per heavy atom. The molecule has 0 saturated carbocycles. The molecule has 28 heavy (non-hydrogen) atoms. The van der Waals surface area contributed by atoms with Gasteiger partial charge in [-0.15, -0.1) is 0 Å². The van der Waals surface area contributed by atoms with E-state index in [0.29, 0.717) is 17.1 Å². The normalized spacial score (nSPS) is 12.1. The van der Waals surface area contributed by atoms with Crippen LogP contribution in [0.3, 0.4) is 0 Å². The maximum absolute atomic E-state index is 9.77. The van der Waals surface area contributed by atoms with Gasteiger partial charge in [0.05, 0.1) is 31.8 Å². The molecule has 142 valence electrons. The Hall–Kier alpha value is -3.53. The molecule has 7 nitrogen and oxygen atoms in total. The number of ether oxygens (including phenoxy) is 2. The van der Waals surface area contributed by atoms with Crippen LogP contribution in [0.25, 0.3) is 22.5 Å². The van der Waals surface area contributed by atoms with Crippen LogP contribution in [-0.2, 0) is 19.9 Å². The number of fused-ring (bicyclic) bond motifs is 3. The quantitative estimate of drug-likeness (QED) is 0.755. The molecular formula is C21H21N5O2. The third-order valence-electron chi connectivity index (χ3n) is 5.42. The first-order valence-corrected chi connectivity index (χ1v) is 8.96. The Morgan fingerprint density at radius 2 is 1.89 bits per heavy atom. The van der Waals surface area contributed by atoms with E-state index in [1.165, 1.54) is 0 Å². The van der Waals surface area contributed by atoms with Crippen molar-refractivity contribution in [2.24, 2.45) is 7.05 Å². The average molecular weight is 375 g/mol. The molecule has 1 aliphatic rings. The standard InChI is InChI=1S/C21H21N5O2/c1-11-24-10-16(26(11)2)19-13-6-5-12-7-17(27-3)18(28-4)8-14(12)20(13)25-21(23)15(19)9-22/h7-8,10H,5-6H2,1-4H3,(H2,23,25). The van der Waals surface area contributed by atoms with Crippen LogP contribution < -0.4 is 15.2 Å². The van der Waals surface area contributed by atoms with Crippen molar-refractivity contribution < 1.29 is 9.47 Å². The van der Waals surface area contributed by atoms with Crippen LogP contribution in [0, 0.1) is 18.3 Å². The number of benzene rings is 1. The molecule has 0 radical (unpaired) electrons. The molecule has 0 bridgehead atoms. The highest BCUT2D eigenvalue weighted by molar-refractivity contribution is 5.86. The summed E-state index contributed by atoms with van der Waals surface area (Å²) in [4.78, 5) is 9.01. The van der Waals surface area contributed by atoms with Gasteiger partial charge in [-0.05, 0) is 43.0 Å². The van der Waals surface area contributed by atoms with E-state index in [9.17, 15) is 5.26 Å². The highest BCUT2D eigenvalue weighted by Gasteiger charge is 2.28. The molecule has 4 rings (SSSR count). The number of nitrogen functional groups attached to an aromatic ring is 1. The molecule has 0 aliphatic heterocycles. The van der Waals surface area contributed by atoms with E-state index in [0.717, 1.165) is 52.3 Å². The van der Waals surface area contributed by atoms with Crippen molar-refractivity contribution in [1.29, 1.82) is 5.26 Å². The van der Waals surface area contributed by atoms with E-state index < -0.39 is 0 Å². The number of anilines is 1. The van der Waals surface area contributed by atoms with Crippen molar-refractivity contribution in [3.05, 3.63) is 40.8 Å². The van der Waals surface area contributed by atoms with Gasteiger partial charge in [-0.25, -0.2) is 9.97 Å². The number of hydrogen-bond donors (Lipinski definition) is 1. The molecule has 1 aromatic carbocycles. The van der Waals surface area contributed by atoms with Gasteiger partial charge in [0, 0.05) is 18.2 Å². The molecule has 0 atom stereocenters. The second kappa shape index (κ2) is 6.57. The number of hydrogen-bond acceptors (Lipinski definition) is 6. The predicted octanol–water partition coefficient (Wildman–Crippen LogP) is 3.03. The first kappa shape index (κ1) is 17.9. The van der Waals surface area contributed by atoms with Gasteiger partial charge in [0.15, 0.2) is 11.5 Å². The van der Waals surface area contributed by atoms with E-state index in [1.807, 2.05) is 30.7 Å². The summed E-state index contributed by atoms with van der Waals surface area (Å²) < 4.78 is 12.9. The number of methoxy groups -OCH3 is 2. The van der Waals surface area contributed by atoms with Crippen LogP contribution in [-0.4, -0.2) is 28.8 Å². The fourth-order valence-corrected chi connectivity index (χ4v) is 3.85. The van der Waals surface area contributed by atoms with Crippen molar-refractivity contribution >= 4 is 5.82 Å².